The lowest BCUT2D eigenvalue weighted by Crippen LogP contribution is -2.32. The molecule has 0 bridgehead atoms. The van der Waals surface area contributed by atoms with Crippen LogP contribution in [-0.4, -0.2) is 16.6 Å². The Morgan fingerprint density at radius 3 is 2.63 bits per heavy atom. The highest BCUT2D eigenvalue weighted by Crippen LogP contribution is 2.28. The number of rotatable bonds is 6. The number of nitrogens with one attached hydrogen (secondary N) is 1. The van der Waals surface area contributed by atoms with Crippen LogP contribution in [0, 0.1) is 0 Å². The zero-order valence-corrected chi connectivity index (χ0v) is 18.0. The molecule has 5 nitrogen and oxygen atoms in total. The number of fused-ring (bicyclic) bond motifs is 2. The molecule has 0 saturated heterocycles. The molecule has 3 aromatic carbocycles. The summed E-state index contributed by atoms with van der Waals surface area (Å²) in [5, 5.41) is 4.99. The van der Waals surface area contributed by atoms with Crippen molar-refractivity contribution in [2.45, 2.75) is 39.3 Å². The highest BCUT2D eigenvalue weighted by molar-refractivity contribution is 7.16. The molecule has 0 aliphatic heterocycles. The number of ether oxygens (including phenoxy) is 1. The molecule has 154 valence electrons. The van der Waals surface area contributed by atoms with E-state index in [0.29, 0.717) is 17.9 Å². The van der Waals surface area contributed by atoms with E-state index < -0.39 is 6.10 Å². The molecule has 0 fully saturated rings. The maximum Gasteiger partial charge on any atom is 0.308 e. The summed E-state index contributed by atoms with van der Waals surface area (Å²) in [6, 6.07) is 19.4. The third kappa shape index (κ3) is 3.83. The Kier molecular flexibility index (Phi) is 5.59. The van der Waals surface area contributed by atoms with E-state index in [-0.39, 0.29) is 16.8 Å². The summed E-state index contributed by atoms with van der Waals surface area (Å²) in [6.45, 7) is 5.90. The minimum absolute atomic E-state index is 0.00852. The van der Waals surface area contributed by atoms with E-state index in [1.54, 1.807) is 4.57 Å². The van der Waals surface area contributed by atoms with Gasteiger partial charge in [0.1, 0.15) is 5.75 Å². The van der Waals surface area contributed by atoms with Gasteiger partial charge in [-0.3, -0.25) is 14.2 Å². The second kappa shape index (κ2) is 8.32. The summed E-state index contributed by atoms with van der Waals surface area (Å²) in [5.41, 5.74) is 1.54. The molecule has 0 aliphatic carbocycles. The summed E-state index contributed by atoms with van der Waals surface area (Å²) in [5.74, 6) is 0.484. The van der Waals surface area contributed by atoms with Crippen LogP contribution < -0.4 is 14.9 Å². The van der Waals surface area contributed by atoms with E-state index >= 15 is 0 Å². The van der Waals surface area contributed by atoms with Crippen molar-refractivity contribution >= 4 is 43.9 Å². The number of hydrogen-bond acceptors (Lipinski definition) is 4. The predicted octanol–water partition coefficient (Wildman–Crippen LogP) is 5.59. The molecule has 0 saturated carbocycles. The second-order valence-corrected chi connectivity index (χ2v) is 8.49. The Morgan fingerprint density at radius 1 is 1.10 bits per heavy atom. The first-order valence-corrected chi connectivity index (χ1v) is 10.9. The molecule has 0 aliphatic rings. The first kappa shape index (κ1) is 20.2. The van der Waals surface area contributed by atoms with E-state index in [2.05, 4.69) is 5.32 Å². The molecule has 0 spiro atoms. The number of aromatic nitrogens is 1. The van der Waals surface area contributed by atoms with Crippen molar-refractivity contribution in [2.75, 3.05) is 5.32 Å². The molecule has 30 heavy (non-hydrogen) atoms. The molecule has 1 atom stereocenters. The van der Waals surface area contributed by atoms with Gasteiger partial charge in [0, 0.05) is 17.1 Å². The topological polar surface area (TPSA) is 60.3 Å². The maximum absolute atomic E-state index is 12.9. The van der Waals surface area contributed by atoms with Gasteiger partial charge in [0.25, 0.3) is 5.91 Å². The van der Waals surface area contributed by atoms with Crippen molar-refractivity contribution in [3.8, 4) is 5.75 Å². The number of carbonyl (C=O) groups excluding carboxylic acids is 1. The van der Waals surface area contributed by atoms with E-state index in [4.69, 9.17) is 4.74 Å². The molecule has 0 radical (unpaired) electrons. The van der Waals surface area contributed by atoms with E-state index in [1.807, 2.05) is 81.4 Å². The average molecular weight is 421 g/mol. The molecular weight excluding hydrogens is 396 g/mol. The van der Waals surface area contributed by atoms with Crippen molar-refractivity contribution in [3.05, 3.63) is 70.3 Å². The van der Waals surface area contributed by atoms with Crippen LogP contribution >= 0.6 is 11.3 Å². The summed E-state index contributed by atoms with van der Waals surface area (Å²) in [6.07, 6.45) is -0.0838. The van der Waals surface area contributed by atoms with Crippen LogP contribution in [0.1, 0.15) is 33.2 Å². The second-order valence-electron chi connectivity index (χ2n) is 7.50. The monoisotopic (exact) mass is 420 g/mol. The quantitative estimate of drug-likeness (QED) is 0.442. The van der Waals surface area contributed by atoms with E-state index in [9.17, 15) is 9.59 Å². The Bertz CT molecular complexity index is 1270. The first-order valence-electron chi connectivity index (χ1n) is 10.1. The maximum atomic E-state index is 12.9. The van der Waals surface area contributed by atoms with Crippen molar-refractivity contribution < 1.29 is 9.53 Å². The lowest BCUT2D eigenvalue weighted by atomic mass is 10.1. The Balaban J connectivity index is 1.56. The zero-order chi connectivity index (χ0) is 21.3. The minimum atomic E-state index is -0.620. The molecular formula is C24H24N2O3S. The third-order valence-corrected chi connectivity index (χ3v) is 6.00. The number of hydrogen-bond donors (Lipinski definition) is 1. The fourth-order valence-corrected chi connectivity index (χ4v) is 4.65. The van der Waals surface area contributed by atoms with Crippen LogP contribution in [0.3, 0.4) is 0 Å². The smallest absolute Gasteiger partial charge is 0.308 e. The van der Waals surface area contributed by atoms with Gasteiger partial charge >= 0.3 is 4.87 Å². The highest BCUT2D eigenvalue weighted by Gasteiger charge is 2.20. The van der Waals surface area contributed by atoms with Gasteiger partial charge in [-0.15, -0.1) is 0 Å². The number of thiazole rings is 1. The minimum Gasteiger partial charge on any atom is -0.480 e. The van der Waals surface area contributed by atoms with Crippen molar-refractivity contribution in [1.82, 2.24) is 4.57 Å². The Labute approximate surface area is 178 Å². The molecule has 1 N–H and O–H groups in total. The summed E-state index contributed by atoms with van der Waals surface area (Å²) < 4.78 is 8.71. The lowest BCUT2D eigenvalue weighted by Gasteiger charge is -2.18. The number of nitrogens with zero attached hydrogens (tertiary/aromatic N) is 1. The summed E-state index contributed by atoms with van der Waals surface area (Å²) in [4.78, 5) is 25.2. The predicted molar refractivity (Wildman–Crippen MR) is 124 cm³/mol. The highest BCUT2D eigenvalue weighted by atomic mass is 32.1. The van der Waals surface area contributed by atoms with Gasteiger partial charge in [-0.2, -0.15) is 0 Å². The van der Waals surface area contributed by atoms with Crippen molar-refractivity contribution in [1.29, 1.82) is 0 Å². The standard InChI is InChI=1S/C24H24N2O3S/c1-4-20(29-21-11-7-9-16-8-5-6-10-18(16)21)23(27)25-17-12-13-19-22(14-17)30-24(28)26(19)15(2)3/h5-15,20H,4H2,1-3H3,(H,25,27)/t20-/m1/s1. The van der Waals surface area contributed by atoms with E-state index in [1.165, 1.54) is 11.3 Å². The van der Waals surface area contributed by atoms with Gasteiger partial charge in [-0.1, -0.05) is 54.7 Å². The van der Waals surface area contributed by atoms with Crippen LogP contribution in [0.5, 0.6) is 5.75 Å². The molecule has 1 heterocycles. The lowest BCUT2D eigenvalue weighted by molar-refractivity contribution is -0.122. The van der Waals surface area contributed by atoms with Crippen LogP contribution in [-0.2, 0) is 4.79 Å². The van der Waals surface area contributed by atoms with Crippen LogP contribution in [0.4, 0.5) is 5.69 Å². The largest absolute Gasteiger partial charge is 0.480 e. The molecule has 6 heteroatoms. The van der Waals surface area contributed by atoms with Crippen molar-refractivity contribution in [3.63, 3.8) is 0 Å². The van der Waals surface area contributed by atoms with Crippen LogP contribution in [0.2, 0.25) is 0 Å². The normalized spacial score (nSPS) is 12.4. The van der Waals surface area contributed by atoms with Gasteiger partial charge in [0.15, 0.2) is 6.10 Å². The van der Waals surface area contributed by atoms with Crippen LogP contribution in [0.25, 0.3) is 21.0 Å². The zero-order valence-electron chi connectivity index (χ0n) is 17.2. The summed E-state index contributed by atoms with van der Waals surface area (Å²) >= 11 is 1.19. The molecule has 1 aromatic heterocycles. The van der Waals surface area contributed by atoms with Gasteiger partial charge in [-0.25, -0.2) is 0 Å². The van der Waals surface area contributed by atoms with Gasteiger partial charge in [0.2, 0.25) is 0 Å². The van der Waals surface area contributed by atoms with E-state index in [0.717, 1.165) is 21.0 Å². The summed E-state index contributed by atoms with van der Waals surface area (Å²) in [7, 11) is 0. The Hall–Kier alpha value is -3.12. The van der Waals surface area contributed by atoms with Crippen molar-refractivity contribution in [2.24, 2.45) is 0 Å². The number of anilines is 1. The third-order valence-electron chi connectivity index (χ3n) is 5.08. The van der Waals surface area contributed by atoms with Gasteiger partial charge < -0.3 is 10.1 Å². The van der Waals surface area contributed by atoms with Gasteiger partial charge in [-0.05, 0) is 49.9 Å². The molecule has 4 aromatic rings. The fourth-order valence-electron chi connectivity index (χ4n) is 3.60. The van der Waals surface area contributed by atoms with Gasteiger partial charge in [0.05, 0.1) is 10.2 Å². The number of carbonyl (C=O) groups is 1. The SMILES string of the molecule is CC[C@@H](Oc1cccc2ccccc12)C(=O)Nc1ccc2c(c1)sc(=O)n2C(C)C. The van der Waals surface area contributed by atoms with Crippen LogP contribution in [0.15, 0.2) is 65.5 Å². The molecule has 1 amide bonds. The number of benzene rings is 3. The molecule has 0 unspecified atom stereocenters. The fraction of sp³-hybridized carbons (Fsp3) is 0.250. The number of amides is 1. The Morgan fingerprint density at radius 2 is 1.87 bits per heavy atom. The molecule has 4 rings (SSSR count). The average Bonchev–Trinajstić information content (AvgIpc) is 3.07. The first-order chi connectivity index (χ1) is 14.5.